The summed E-state index contributed by atoms with van der Waals surface area (Å²) in [6.07, 6.45) is 6.88. The Labute approximate surface area is 84.4 Å². The molecule has 1 aromatic carbocycles. The van der Waals surface area contributed by atoms with Gasteiger partial charge < -0.3 is 4.90 Å². The van der Waals surface area contributed by atoms with Crippen LogP contribution in [-0.4, -0.2) is 7.05 Å². The largest absolute Gasteiger partial charge is 0.351 e. The van der Waals surface area contributed by atoms with Crippen LogP contribution in [0.1, 0.15) is 0 Å². The fourth-order valence-electron chi connectivity index (χ4n) is 1.03. The number of anilines is 1. The van der Waals surface area contributed by atoms with Gasteiger partial charge in [-0.05, 0) is 18.2 Å². The number of nitriles is 1. The molecule has 2 heteroatoms. The molecule has 0 amide bonds. The van der Waals surface area contributed by atoms with Crippen molar-refractivity contribution in [2.45, 2.75) is 0 Å². The van der Waals surface area contributed by atoms with E-state index >= 15 is 0 Å². The number of rotatable bonds is 3. The van der Waals surface area contributed by atoms with E-state index in [0.717, 1.165) is 5.69 Å². The monoisotopic (exact) mass is 184 g/mol. The molecule has 0 aliphatic rings. The van der Waals surface area contributed by atoms with Crippen molar-refractivity contribution in [1.82, 2.24) is 0 Å². The molecule has 0 aliphatic carbocycles. The Morgan fingerprint density at radius 3 is 2.57 bits per heavy atom. The summed E-state index contributed by atoms with van der Waals surface area (Å²) < 4.78 is 0. The first-order valence-corrected chi connectivity index (χ1v) is 4.35. The van der Waals surface area contributed by atoms with Crippen LogP contribution < -0.4 is 4.90 Å². The van der Waals surface area contributed by atoms with Crippen molar-refractivity contribution in [1.29, 1.82) is 5.26 Å². The van der Waals surface area contributed by atoms with Crippen LogP contribution in [0.5, 0.6) is 0 Å². The summed E-state index contributed by atoms with van der Waals surface area (Å²) in [6, 6.07) is 11.9. The number of allylic oxidation sites excluding steroid dienone is 3. The van der Waals surface area contributed by atoms with E-state index in [1.807, 2.05) is 60.6 Å². The topological polar surface area (TPSA) is 27.0 Å². The maximum atomic E-state index is 8.26. The van der Waals surface area contributed by atoms with Gasteiger partial charge in [0.1, 0.15) is 0 Å². The van der Waals surface area contributed by atoms with Gasteiger partial charge in [0, 0.05) is 25.0 Å². The van der Waals surface area contributed by atoms with Crippen LogP contribution >= 0.6 is 0 Å². The quantitative estimate of drug-likeness (QED) is 0.533. The zero-order chi connectivity index (χ0) is 10.2. The SMILES string of the molecule is CN(/C=C/C=C/C#N)c1ccccc1. The van der Waals surface area contributed by atoms with Crippen molar-refractivity contribution in [2.24, 2.45) is 0 Å². The van der Waals surface area contributed by atoms with Gasteiger partial charge in [-0.3, -0.25) is 0 Å². The molecule has 0 aromatic heterocycles. The van der Waals surface area contributed by atoms with Crippen molar-refractivity contribution in [2.75, 3.05) is 11.9 Å². The second-order valence-electron chi connectivity index (χ2n) is 2.78. The highest BCUT2D eigenvalue weighted by atomic mass is 15.1. The third-order valence-electron chi connectivity index (χ3n) is 1.76. The van der Waals surface area contributed by atoms with Crippen LogP contribution in [-0.2, 0) is 0 Å². The molecular formula is C12H12N2. The van der Waals surface area contributed by atoms with Crippen molar-refractivity contribution in [3.8, 4) is 6.07 Å². The van der Waals surface area contributed by atoms with Gasteiger partial charge >= 0.3 is 0 Å². The molecule has 0 atom stereocenters. The first-order valence-electron chi connectivity index (χ1n) is 4.35. The van der Waals surface area contributed by atoms with Crippen LogP contribution in [0.2, 0.25) is 0 Å². The molecule has 1 rings (SSSR count). The lowest BCUT2D eigenvalue weighted by Gasteiger charge is -2.12. The Kier molecular flexibility index (Phi) is 4.03. The molecule has 2 nitrogen and oxygen atoms in total. The number of para-hydroxylation sites is 1. The van der Waals surface area contributed by atoms with Gasteiger partial charge in [0.2, 0.25) is 0 Å². The lowest BCUT2D eigenvalue weighted by Crippen LogP contribution is -2.06. The maximum Gasteiger partial charge on any atom is 0.0912 e. The van der Waals surface area contributed by atoms with E-state index in [2.05, 4.69) is 0 Å². The lowest BCUT2D eigenvalue weighted by atomic mass is 10.3. The van der Waals surface area contributed by atoms with Gasteiger partial charge in [0.15, 0.2) is 0 Å². The fraction of sp³-hybridized carbons (Fsp3) is 0.0833. The molecule has 0 radical (unpaired) electrons. The average Bonchev–Trinajstić information content (AvgIpc) is 2.25. The first-order chi connectivity index (χ1) is 6.84. The Hall–Kier alpha value is -2.01. The van der Waals surface area contributed by atoms with Gasteiger partial charge in [0.25, 0.3) is 0 Å². The van der Waals surface area contributed by atoms with Crippen molar-refractivity contribution < 1.29 is 0 Å². The minimum atomic E-state index is 1.12. The summed E-state index contributed by atoms with van der Waals surface area (Å²) in [4.78, 5) is 1.99. The first kappa shape index (κ1) is 10.1. The van der Waals surface area contributed by atoms with Gasteiger partial charge in [-0.2, -0.15) is 5.26 Å². The molecule has 70 valence electrons. The van der Waals surface area contributed by atoms with E-state index < -0.39 is 0 Å². The Morgan fingerprint density at radius 1 is 1.21 bits per heavy atom. The molecule has 0 N–H and O–H groups in total. The molecule has 0 saturated carbocycles. The summed E-state index contributed by atoms with van der Waals surface area (Å²) in [7, 11) is 1.96. The van der Waals surface area contributed by atoms with E-state index in [9.17, 15) is 0 Å². The second-order valence-corrected chi connectivity index (χ2v) is 2.78. The third-order valence-corrected chi connectivity index (χ3v) is 1.76. The van der Waals surface area contributed by atoms with Crippen LogP contribution in [0.3, 0.4) is 0 Å². The molecule has 0 aliphatic heterocycles. The van der Waals surface area contributed by atoms with Crippen molar-refractivity contribution in [3.63, 3.8) is 0 Å². The molecule has 0 fully saturated rings. The lowest BCUT2D eigenvalue weighted by molar-refractivity contribution is 1.20. The molecular weight excluding hydrogens is 172 g/mol. The Morgan fingerprint density at radius 2 is 1.93 bits per heavy atom. The second kappa shape index (κ2) is 5.60. The summed E-state index contributed by atoms with van der Waals surface area (Å²) in [5, 5.41) is 8.26. The normalized spacial score (nSPS) is 10.6. The van der Waals surface area contributed by atoms with Gasteiger partial charge in [-0.25, -0.2) is 0 Å². The number of benzene rings is 1. The predicted molar refractivity (Wildman–Crippen MR) is 58.7 cm³/mol. The van der Waals surface area contributed by atoms with Crippen molar-refractivity contribution >= 4 is 5.69 Å². The highest BCUT2D eigenvalue weighted by Crippen LogP contribution is 2.10. The minimum Gasteiger partial charge on any atom is -0.351 e. The summed E-state index contributed by atoms with van der Waals surface area (Å²) in [5.41, 5.74) is 1.12. The molecule has 1 aromatic rings. The smallest absolute Gasteiger partial charge is 0.0912 e. The van der Waals surface area contributed by atoms with Crippen LogP contribution in [0.4, 0.5) is 5.69 Å². The van der Waals surface area contributed by atoms with Gasteiger partial charge in [-0.15, -0.1) is 0 Å². The number of hydrogen-bond acceptors (Lipinski definition) is 2. The highest BCUT2D eigenvalue weighted by Gasteiger charge is 1.91. The van der Waals surface area contributed by atoms with E-state index in [0.29, 0.717) is 0 Å². The van der Waals surface area contributed by atoms with Crippen LogP contribution in [0, 0.1) is 11.3 Å². The molecule has 0 heterocycles. The van der Waals surface area contributed by atoms with Crippen LogP contribution in [0.15, 0.2) is 54.8 Å². The predicted octanol–water partition coefficient (Wildman–Crippen LogP) is 2.72. The zero-order valence-electron chi connectivity index (χ0n) is 8.09. The fourth-order valence-corrected chi connectivity index (χ4v) is 1.03. The maximum absolute atomic E-state index is 8.26. The molecule has 0 saturated heterocycles. The van der Waals surface area contributed by atoms with Crippen LogP contribution in [0.25, 0.3) is 0 Å². The van der Waals surface area contributed by atoms with E-state index in [1.54, 1.807) is 6.08 Å². The highest BCUT2D eigenvalue weighted by molar-refractivity contribution is 5.48. The van der Waals surface area contributed by atoms with E-state index in [4.69, 9.17) is 5.26 Å². The zero-order valence-corrected chi connectivity index (χ0v) is 8.09. The Bertz CT molecular complexity index is 358. The minimum absolute atomic E-state index is 1.12. The number of nitrogens with zero attached hydrogens (tertiary/aromatic N) is 2. The van der Waals surface area contributed by atoms with E-state index in [1.165, 1.54) is 6.08 Å². The third kappa shape index (κ3) is 3.16. The molecule has 14 heavy (non-hydrogen) atoms. The molecule has 0 unspecified atom stereocenters. The summed E-state index contributed by atoms with van der Waals surface area (Å²) >= 11 is 0. The summed E-state index contributed by atoms with van der Waals surface area (Å²) in [5.74, 6) is 0. The molecule has 0 bridgehead atoms. The number of hydrogen-bond donors (Lipinski definition) is 0. The van der Waals surface area contributed by atoms with E-state index in [-0.39, 0.29) is 0 Å². The summed E-state index contributed by atoms with van der Waals surface area (Å²) in [6.45, 7) is 0. The average molecular weight is 184 g/mol. The standard InChI is InChI=1S/C12H12N2/c1-14(11-7-3-6-10-13)12-8-4-2-5-9-12/h2-9,11H,1H3/b6-3+,11-7+. The van der Waals surface area contributed by atoms with Crippen molar-refractivity contribution in [3.05, 3.63) is 54.8 Å². The van der Waals surface area contributed by atoms with Gasteiger partial charge in [0.05, 0.1) is 6.07 Å². The molecule has 0 spiro atoms. The Balaban J connectivity index is 2.60. The van der Waals surface area contributed by atoms with Gasteiger partial charge in [-0.1, -0.05) is 24.3 Å².